The lowest BCUT2D eigenvalue weighted by molar-refractivity contribution is 0.262. The lowest BCUT2D eigenvalue weighted by atomic mass is 10.2. The molecule has 0 saturated carbocycles. The van der Waals surface area contributed by atoms with Crippen LogP contribution in [0.3, 0.4) is 0 Å². The van der Waals surface area contributed by atoms with E-state index < -0.39 is 0 Å². The first-order chi connectivity index (χ1) is 9.97. The van der Waals surface area contributed by atoms with E-state index in [0.29, 0.717) is 21.4 Å². The number of amides is 2. The quantitative estimate of drug-likeness (QED) is 0.838. The van der Waals surface area contributed by atoms with Gasteiger partial charge in [0.2, 0.25) is 0 Å². The number of urea groups is 1. The number of ether oxygens (including phenoxy) is 1. The Bertz CT molecular complexity index is 654. The Morgan fingerprint density at radius 1 is 1.05 bits per heavy atom. The van der Waals surface area contributed by atoms with Crippen LogP contribution < -0.4 is 15.4 Å². The van der Waals surface area contributed by atoms with Gasteiger partial charge in [-0.1, -0.05) is 23.2 Å². The number of aryl methyl sites for hydroxylation is 1. The predicted octanol–water partition coefficient (Wildman–Crippen LogP) is 4.95. The highest BCUT2D eigenvalue weighted by Gasteiger charge is 2.07. The van der Waals surface area contributed by atoms with Crippen molar-refractivity contribution in [2.45, 2.75) is 6.92 Å². The van der Waals surface area contributed by atoms with Crippen LogP contribution in [0.2, 0.25) is 10.0 Å². The molecule has 0 fully saturated rings. The zero-order valence-electron chi connectivity index (χ0n) is 11.5. The summed E-state index contributed by atoms with van der Waals surface area (Å²) < 4.78 is 5.12. The first-order valence-electron chi connectivity index (χ1n) is 6.16. The first kappa shape index (κ1) is 15.5. The van der Waals surface area contributed by atoms with Crippen LogP contribution >= 0.6 is 23.2 Å². The van der Waals surface area contributed by atoms with Crippen molar-refractivity contribution in [1.29, 1.82) is 0 Å². The summed E-state index contributed by atoms with van der Waals surface area (Å²) in [5, 5.41) is 6.35. The van der Waals surface area contributed by atoms with Crippen LogP contribution in [-0.4, -0.2) is 13.1 Å². The van der Waals surface area contributed by atoms with Gasteiger partial charge in [-0.05, 0) is 48.9 Å². The fraction of sp³-hybridized carbons (Fsp3) is 0.133. The standard InChI is InChI=1S/C15H14Cl2N2O2/c1-9-5-13(21-2)3-4-14(9)19-15(20)18-12-7-10(16)6-11(17)8-12/h3-8H,1-2H3,(H2,18,19,20). The van der Waals surface area contributed by atoms with Crippen LogP contribution in [0, 0.1) is 6.92 Å². The Labute approximate surface area is 133 Å². The number of methoxy groups -OCH3 is 1. The normalized spacial score (nSPS) is 10.1. The second-order valence-corrected chi connectivity index (χ2v) is 5.29. The van der Waals surface area contributed by atoms with Gasteiger partial charge in [-0.25, -0.2) is 4.79 Å². The van der Waals surface area contributed by atoms with Gasteiger partial charge in [0.05, 0.1) is 7.11 Å². The molecule has 0 aromatic heterocycles. The molecule has 2 amide bonds. The van der Waals surface area contributed by atoms with E-state index in [1.54, 1.807) is 37.4 Å². The van der Waals surface area contributed by atoms with Gasteiger partial charge in [0.25, 0.3) is 0 Å². The third kappa shape index (κ3) is 4.28. The number of rotatable bonds is 3. The van der Waals surface area contributed by atoms with Gasteiger partial charge in [-0.3, -0.25) is 0 Å². The van der Waals surface area contributed by atoms with Crippen LogP contribution in [0.4, 0.5) is 16.2 Å². The monoisotopic (exact) mass is 324 g/mol. The molecule has 2 N–H and O–H groups in total. The number of nitrogens with one attached hydrogen (secondary N) is 2. The van der Waals surface area contributed by atoms with Crippen molar-refractivity contribution in [3.8, 4) is 5.75 Å². The molecule has 0 aliphatic carbocycles. The highest BCUT2D eigenvalue weighted by Crippen LogP contribution is 2.24. The maximum Gasteiger partial charge on any atom is 0.323 e. The van der Waals surface area contributed by atoms with Crippen LogP contribution in [0.5, 0.6) is 5.75 Å². The van der Waals surface area contributed by atoms with Crippen LogP contribution in [0.15, 0.2) is 36.4 Å². The molecule has 21 heavy (non-hydrogen) atoms. The molecule has 0 spiro atoms. The van der Waals surface area contributed by atoms with E-state index in [2.05, 4.69) is 10.6 Å². The maximum absolute atomic E-state index is 12.0. The minimum atomic E-state index is -0.374. The van der Waals surface area contributed by atoms with Gasteiger partial charge in [0, 0.05) is 21.4 Å². The molecule has 0 aliphatic heterocycles. The van der Waals surface area contributed by atoms with Crippen LogP contribution in [-0.2, 0) is 0 Å². The van der Waals surface area contributed by atoms with Gasteiger partial charge in [0.1, 0.15) is 5.75 Å². The number of benzene rings is 2. The number of carbonyl (C=O) groups is 1. The Balaban J connectivity index is 2.08. The van der Waals surface area contributed by atoms with Crippen LogP contribution in [0.25, 0.3) is 0 Å². The summed E-state index contributed by atoms with van der Waals surface area (Å²) in [6.45, 7) is 1.88. The molecular weight excluding hydrogens is 311 g/mol. The molecule has 0 atom stereocenters. The number of halogens is 2. The Morgan fingerprint density at radius 2 is 1.71 bits per heavy atom. The van der Waals surface area contributed by atoms with E-state index in [-0.39, 0.29) is 6.03 Å². The number of anilines is 2. The molecule has 0 aliphatic rings. The molecule has 4 nitrogen and oxygen atoms in total. The fourth-order valence-corrected chi connectivity index (χ4v) is 2.34. The summed E-state index contributed by atoms with van der Waals surface area (Å²) in [6.07, 6.45) is 0. The minimum Gasteiger partial charge on any atom is -0.497 e. The van der Waals surface area contributed by atoms with Crippen molar-refractivity contribution in [2.75, 3.05) is 17.7 Å². The predicted molar refractivity (Wildman–Crippen MR) is 86.8 cm³/mol. The molecule has 0 radical (unpaired) electrons. The molecule has 2 aromatic carbocycles. The lowest BCUT2D eigenvalue weighted by Gasteiger charge is -2.11. The maximum atomic E-state index is 12.0. The molecule has 0 saturated heterocycles. The zero-order chi connectivity index (χ0) is 15.4. The summed E-state index contributed by atoms with van der Waals surface area (Å²) in [6, 6.07) is 9.85. The fourth-order valence-electron chi connectivity index (χ4n) is 1.81. The van der Waals surface area contributed by atoms with Crippen molar-refractivity contribution in [1.82, 2.24) is 0 Å². The molecule has 6 heteroatoms. The molecule has 110 valence electrons. The van der Waals surface area contributed by atoms with E-state index in [0.717, 1.165) is 11.3 Å². The first-order valence-corrected chi connectivity index (χ1v) is 6.92. The Morgan fingerprint density at radius 3 is 2.29 bits per heavy atom. The summed E-state index contributed by atoms with van der Waals surface area (Å²) in [4.78, 5) is 12.0. The third-order valence-corrected chi connectivity index (χ3v) is 3.24. The van der Waals surface area contributed by atoms with Gasteiger partial charge in [0.15, 0.2) is 0 Å². The zero-order valence-corrected chi connectivity index (χ0v) is 13.0. The van der Waals surface area contributed by atoms with Crippen LogP contribution in [0.1, 0.15) is 5.56 Å². The van der Waals surface area contributed by atoms with E-state index in [1.807, 2.05) is 13.0 Å². The Kier molecular flexibility index (Phi) is 4.94. The number of carbonyl (C=O) groups excluding carboxylic acids is 1. The molecule has 0 heterocycles. The summed E-state index contributed by atoms with van der Waals surface area (Å²) >= 11 is 11.8. The summed E-state index contributed by atoms with van der Waals surface area (Å²) in [5.41, 5.74) is 2.12. The molecule has 2 rings (SSSR count). The average molecular weight is 325 g/mol. The summed E-state index contributed by atoms with van der Waals surface area (Å²) in [7, 11) is 1.59. The lowest BCUT2D eigenvalue weighted by Crippen LogP contribution is -2.19. The van der Waals surface area contributed by atoms with E-state index in [9.17, 15) is 4.79 Å². The van der Waals surface area contributed by atoms with E-state index in [4.69, 9.17) is 27.9 Å². The number of hydrogen-bond acceptors (Lipinski definition) is 2. The summed E-state index contributed by atoms with van der Waals surface area (Å²) in [5.74, 6) is 0.736. The van der Waals surface area contributed by atoms with Crippen molar-refractivity contribution in [3.63, 3.8) is 0 Å². The molecule has 0 bridgehead atoms. The van der Waals surface area contributed by atoms with Gasteiger partial charge >= 0.3 is 6.03 Å². The van der Waals surface area contributed by atoms with Gasteiger partial charge in [-0.15, -0.1) is 0 Å². The SMILES string of the molecule is COc1ccc(NC(=O)Nc2cc(Cl)cc(Cl)c2)c(C)c1. The van der Waals surface area contributed by atoms with Crippen molar-refractivity contribution in [3.05, 3.63) is 52.0 Å². The van der Waals surface area contributed by atoms with Gasteiger partial charge in [-0.2, -0.15) is 0 Å². The number of hydrogen-bond donors (Lipinski definition) is 2. The third-order valence-electron chi connectivity index (χ3n) is 2.80. The highest BCUT2D eigenvalue weighted by molar-refractivity contribution is 6.35. The average Bonchev–Trinajstić information content (AvgIpc) is 2.39. The van der Waals surface area contributed by atoms with Crippen molar-refractivity contribution < 1.29 is 9.53 Å². The molecular formula is C15H14Cl2N2O2. The second kappa shape index (κ2) is 6.70. The molecule has 2 aromatic rings. The largest absolute Gasteiger partial charge is 0.497 e. The molecule has 0 unspecified atom stereocenters. The van der Waals surface area contributed by atoms with E-state index in [1.165, 1.54) is 0 Å². The minimum absolute atomic E-state index is 0.374. The highest BCUT2D eigenvalue weighted by atomic mass is 35.5. The Hall–Kier alpha value is -1.91. The van der Waals surface area contributed by atoms with Gasteiger partial charge < -0.3 is 15.4 Å². The second-order valence-electron chi connectivity index (χ2n) is 4.42. The topological polar surface area (TPSA) is 50.4 Å². The van der Waals surface area contributed by atoms with E-state index >= 15 is 0 Å². The van der Waals surface area contributed by atoms with Crippen molar-refractivity contribution in [2.24, 2.45) is 0 Å². The smallest absolute Gasteiger partial charge is 0.323 e. The van der Waals surface area contributed by atoms with Crippen molar-refractivity contribution >= 4 is 40.6 Å².